The number of rotatable bonds is 5. The molecule has 142 valence electrons. The minimum atomic E-state index is -0.119. The zero-order chi connectivity index (χ0) is 19.1. The molecule has 7 heteroatoms. The molecule has 4 aromatic rings. The lowest BCUT2D eigenvalue weighted by molar-refractivity contribution is -0.115. The van der Waals surface area contributed by atoms with Crippen LogP contribution in [0.15, 0.2) is 44.7 Å². The first-order chi connectivity index (χ1) is 13.7. The van der Waals surface area contributed by atoms with Crippen molar-refractivity contribution in [3.63, 3.8) is 0 Å². The summed E-state index contributed by atoms with van der Waals surface area (Å²) in [6, 6.07) is 7.95. The van der Waals surface area contributed by atoms with Gasteiger partial charge in [0.25, 0.3) is 0 Å². The van der Waals surface area contributed by atoms with Gasteiger partial charge in [0.05, 0.1) is 19.2 Å². The van der Waals surface area contributed by atoms with Gasteiger partial charge in [0.2, 0.25) is 5.91 Å². The van der Waals surface area contributed by atoms with Gasteiger partial charge in [-0.2, -0.15) is 0 Å². The number of nitrogens with zero attached hydrogens (tertiary/aromatic N) is 1. The Morgan fingerprint density at radius 2 is 2.11 bits per heavy atom. The second-order valence-electron chi connectivity index (χ2n) is 6.96. The molecule has 0 aliphatic heterocycles. The van der Waals surface area contributed by atoms with E-state index in [1.807, 2.05) is 17.5 Å². The summed E-state index contributed by atoms with van der Waals surface area (Å²) in [5.74, 6) is 1.23. The van der Waals surface area contributed by atoms with Crippen molar-refractivity contribution in [2.75, 3.05) is 5.32 Å². The quantitative estimate of drug-likeness (QED) is 0.528. The molecule has 1 aliphatic rings. The lowest BCUT2D eigenvalue weighted by Gasteiger charge is -2.02. The van der Waals surface area contributed by atoms with E-state index in [0.29, 0.717) is 28.9 Å². The third-order valence-electron chi connectivity index (χ3n) is 5.08. The molecular formula is C21H19N3O3S. The number of aryl methyl sites for hydroxylation is 2. The highest BCUT2D eigenvalue weighted by Crippen LogP contribution is 2.31. The van der Waals surface area contributed by atoms with E-state index in [1.165, 1.54) is 28.9 Å². The fourth-order valence-electron chi connectivity index (χ4n) is 3.69. The summed E-state index contributed by atoms with van der Waals surface area (Å²) in [6.45, 7) is 0.343. The normalized spacial score (nSPS) is 13.2. The number of carbonyl (C=O) groups is 1. The summed E-state index contributed by atoms with van der Waals surface area (Å²) in [5, 5.41) is 6.29. The molecule has 3 aromatic heterocycles. The van der Waals surface area contributed by atoms with Crippen LogP contribution >= 0.6 is 11.3 Å². The van der Waals surface area contributed by atoms with Crippen molar-refractivity contribution in [3.05, 3.63) is 58.4 Å². The molecule has 1 amide bonds. The summed E-state index contributed by atoms with van der Waals surface area (Å²) in [7, 11) is 0. The first kappa shape index (κ1) is 17.2. The minimum Gasteiger partial charge on any atom is -0.464 e. The molecule has 5 rings (SSSR count). The smallest absolute Gasteiger partial charge is 0.230 e. The summed E-state index contributed by atoms with van der Waals surface area (Å²) in [5.41, 5.74) is 10.7. The van der Waals surface area contributed by atoms with Crippen molar-refractivity contribution in [1.29, 1.82) is 0 Å². The van der Waals surface area contributed by atoms with E-state index < -0.39 is 0 Å². The standard InChI is InChI=1S/C21H19N3O3S/c22-9-15-4-5-18(27-15)17-11-28-21(23-17)24-20(25)8-14-10-26-19-7-13-3-1-2-12(13)6-16(14)19/h4-7,10-11H,1-3,8-9,22H2,(H,23,24,25). The zero-order valence-electron chi connectivity index (χ0n) is 15.2. The first-order valence-electron chi connectivity index (χ1n) is 9.26. The molecule has 3 N–H and O–H groups in total. The molecule has 3 heterocycles. The molecule has 0 atom stereocenters. The molecule has 0 fully saturated rings. The second kappa shape index (κ2) is 6.92. The number of anilines is 1. The van der Waals surface area contributed by atoms with E-state index in [4.69, 9.17) is 14.6 Å². The number of thiazole rings is 1. The van der Waals surface area contributed by atoms with Crippen molar-refractivity contribution < 1.29 is 13.6 Å². The zero-order valence-corrected chi connectivity index (χ0v) is 16.0. The summed E-state index contributed by atoms with van der Waals surface area (Å²) >= 11 is 1.36. The van der Waals surface area contributed by atoms with Crippen molar-refractivity contribution in [1.82, 2.24) is 4.98 Å². The predicted molar refractivity (Wildman–Crippen MR) is 108 cm³/mol. The monoisotopic (exact) mass is 393 g/mol. The first-order valence-corrected chi connectivity index (χ1v) is 10.1. The maximum absolute atomic E-state index is 12.5. The molecule has 6 nitrogen and oxygen atoms in total. The molecule has 1 aliphatic carbocycles. The largest absolute Gasteiger partial charge is 0.464 e. The average Bonchev–Trinajstić information content (AvgIpc) is 3.47. The Hall–Kier alpha value is -2.90. The minimum absolute atomic E-state index is 0.119. The fourth-order valence-corrected chi connectivity index (χ4v) is 4.41. The van der Waals surface area contributed by atoms with E-state index in [2.05, 4.69) is 22.4 Å². The highest BCUT2D eigenvalue weighted by molar-refractivity contribution is 7.14. The van der Waals surface area contributed by atoms with Crippen LogP contribution in [0.3, 0.4) is 0 Å². The van der Waals surface area contributed by atoms with Gasteiger partial charge in [-0.3, -0.25) is 4.79 Å². The number of benzene rings is 1. The second-order valence-corrected chi connectivity index (χ2v) is 7.82. The third kappa shape index (κ3) is 3.12. The van der Waals surface area contributed by atoms with Gasteiger partial charge in [0.1, 0.15) is 17.0 Å². The highest BCUT2D eigenvalue weighted by atomic mass is 32.1. The number of amides is 1. The van der Waals surface area contributed by atoms with Gasteiger partial charge in [-0.15, -0.1) is 11.3 Å². The van der Waals surface area contributed by atoms with Crippen LogP contribution in [0.25, 0.3) is 22.4 Å². The number of furan rings is 2. The maximum atomic E-state index is 12.5. The van der Waals surface area contributed by atoms with Crippen molar-refractivity contribution in [2.45, 2.75) is 32.2 Å². The highest BCUT2D eigenvalue weighted by Gasteiger charge is 2.17. The SMILES string of the molecule is NCc1ccc(-c2csc(NC(=O)Cc3coc4cc5c(cc34)CCC5)n2)o1. The van der Waals surface area contributed by atoms with Crippen molar-refractivity contribution in [2.24, 2.45) is 5.73 Å². The van der Waals surface area contributed by atoms with E-state index in [1.54, 1.807) is 6.26 Å². The number of nitrogens with one attached hydrogen (secondary N) is 1. The number of carbonyl (C=O) groups excluding carboxylic acids is 1. The number of nitrogens with two attached hydrogens (primary N) is 1. The lowest BCUT2D eigenvalue weighted by atomic mass is 10.0. The van der Waals surface area contributed by atoms with Gasteiger partial charge in [-0.1, -0.05) is 0 Å². The Balaban J connectivity index is 1.31. The number of hydrogen-bond acceptors (Lipinski definition) is 6. The molecule has 0 unspecified atom stereocenters. The molecule has 0 radical (unpaired) electrons. The summed E-state index contributed by atoms with van der Waals surface area (Å²) < 4.78 is 11.3. The molecule has 0 saturated carbocycles. The Morgan fingerprint density at radius 3 is 2.93 bits per heavy atom. The Kier molecular flexibility index (Phi) is 4.26. The molecule has 28 heavy (non-hydrogen) atoms. The number of fused-ring (bicyclic) bond motifs is 2. The predicted octanol–water partition coefficient (Wildman–Crippen LogP) is 4.28. The van der Waals surface area contributed by atoms with Crippen LogP contribution in [-0.4, -0.2) is 10.9 Å². The molecular weight excluding hydrogens is 374 g/mol. The van der Waals surface area contributed by atoms with Gasteiger partial charge in [0.15, 0.2) is 10.9 Å². The van der Waals surface area contributed by atoms with Gasteiger partial charge in [-0.05, 0) is 54.7 Å². The third-order valence-corrected chi connectivity index (χ3v) is 5.84. The van der Waals surface area contributed by atoms with E-state index in [9.17, 15) is 4.79 Å². The van der Waals surface area contributed by atoms with Crippen LogP contribution in [0.4, 0.5) is 5.13 Å². The summed E-state index contributed by atoms with van der Waals surface area (Å²) in [4.78, 5) is 17.0. The van der Waals surface area contributed by atoms with Crippen molar-refractivity contribution >= 4 is 33.3 Å². The Bertz CT molecular complexity index is 1170. The molecule has 0 bridgehead atoms. The van der Waals surface area contributed by atoms with Gasteiger partial charge >= 0.3 is 0 Å². The van der Waals surface area contributed by atoms with Crippen LogP contribution < -0.4 is 11.1 Å². The topological polar surface area (TPSA) is 94.3 Å². The maximum Gasteiger partial charge on any atom is 0.230 e. The fraction of sp³-hybridized carbons (Fsp3) is 0.238. The average molecular weight is 393 g/mol. The summed E-state index contributed by atoms with van der Waals surface area (Å²) in [6.07, 6.45) is 5.33. The Morgan fingerprint density at radius 1 is 1.25 bits per heavy atom. The van der Waals surface area contributed by atoms with Crippen molar-refractivity contribution in [3.8, 4) is 11.5 Å². The molecule has 1 aromatic carbocycles. The van der Waals surface area contributed by atoms with Crippen LogP contribution in [0.2, 0.25) is 0 Å². The van der Waals surface area contributed by atoms with Crippen LogP contribution in [-0.2, 0) is 30.6 Å². The van der Waals surface area contributed by atoms with Gasteiger partial charge in [-0.25, -0.2) is 4.98 Å². The van der Waals surface area contributed by atoms with Crippen LogP contribution in [0.1, 0.15) is 28.9 Å². The van der Waals surface area contributed by atoms with Crippen LogP contribution in [0.5, 0.6) is 0 Å². The number of aromatic nitrogens is 1. The Labute approximate surface area is 165 Å². The number of hydrogen-bond donors (Lipinski definition) is 2. The van der Waals surface area contributed by atoms with E-state index in [-0.39, 0.29) is 12.3 Å². The lowest BCUT2D eigenvalue weighted by Crippen LogP contribution is -2.14. The molecule has 0 saturated heterocycles. The van der Waals surface area contributed by atoms with Gasteiger partial charge < -0.3 is 19.9 Å². The van der Waals surface area contributed by atoms with E-state index >= 15 is 0 Å². The van der Waals surface area contributed by atoms with E-state index in [0.717, 1.165) is 29.4 Å². The molecule has 0 spiro atoms. The van der Waals surface area contributed by atoms with Gasteiger partial charge in [0, 0.05) is 16.3 Å². The van der Waals surface area contributed by atoms with Crippen LogP contribution in [0, 0.1) is 0 Å².